The molecule has 18 N–H and O–H groups in total. The predicted octanol–water partition coefficient (Wildman–Crippen LogP) is 0.563. The summed E-state index contributed by atoms with van der Waals surface area (Å²) >= 11 is 0. The molecular weight excluding hydrogens is 903 g/mol. The van der Waals surface area contributed by atoms with Gasteiger partial charge in [-0.2, -0.15) is 0 Å². The summed E-state index contributed by atoms with van der Waals surface area (Å²) in [6, 6.07) is -5.27. The van der Waals surface area contributed by atoms with E-state index in [1.165, 1.54) is 0 Å². The van der Waals surface area contributed by atoms with Crippen molar-refractivity contribution in [2.75, 3.05) is 52.9 Å². The van der Waals surface area contributed by atoms with Crippen LogP contribution in [0, 0.1) is 0 Å². The van der Waals surface area contributed by atoms with Crippen molar-refractivity contribution in [3.8, 4) is 0 Å². The van der Waals surface area contributed by atoms with E-state index in [9.17, 15) is 38.4 Å². The molecule has 0 saturated heterocycles. The quantitative estimate of drug-likeness (QED) is 0.0372. The standard InChI is InChI=1S/C48H95N13O9/c1-48(2,3)70-47(69)61-39(25-13-18-32-53)46(68)60-38(24-12-17-31-52)45(67)59-37(23-11-16-30-51)44(66)58-36(22-10-15-29-50)43(65)57-35(21-9-14-28-49)42(64)56-34-20-6-8-27-41(63)55-33-19-5-7-26-40(62)54-4/h35-39H,5-34,49-53H2,1-4H3,(H,54,62)(H,55,63)(H,56,64)(H,57,65)(H,58,66)(H,59,67)(H,60,68)(H,61,69). The lowest BCUT2D eigenvalue weighted by Crippen LogP contribution is -2.59. The minimum absolute atomic E-state index is 0.00405. The monoisotopic (exact) mass is 998 g/mol. The number of carbonyl (C=O) groups excluding carboxylic acids is 8. The Bertz CT molecular complexity index is 1500. The van der Waals surface area contributed by atoms with Gasteiger partial charge in [-0.25, -0.2) is 4.79 Å². The summed E-state index contributed by atoms with van der Waals surface area (Å²) in [6.45, 7) is 7.82. The van der Waals surface area contributed by atoms with Crippen LogP contribution in [0.15, 0.2) is 0 Å². The molecule has 0 spiro atoms. The average molecular weight is 998 g/mol. The van der Waals surface area contributed by atoms with Gasteiger partial charge in [0.2, 0.25) is 41.4 Å². The molecule has 8 amide bonds. The fraction of sp³-hybridized carbons (Fsp3) is 0.833. The van der Waals surface area contributed by atoms with Crippen LogP contribution in [0.2, 0.25) is 0 Å². The molecule has 0 aliphatic rings. The van der Waals surface area contributed by atoms with Crippen LogP contribution in [0.4, 0.5) is 4.79 Å². The van der Waals surface area contributed by atoms with Crippen LogP contribution < -0.4 is 71.2 Å². The Morgan fingerprint density at radius 3 is 1.03 bits per heavy atom. The summed E-state index contributed by atoms with van der Waals surface area (Å²) in [5.41, 5.74) is 27.9. The third-order valence-corrected chi connectivity index (χ3v) is 11.3. The van der Waals surface area contributed by atoms with Gasteiger partial charge >= 0.3 is 6.09 Å². The van der Waals surface area contributed by atoms with E-state index in [2.05, 4.69) is 42.5 Å². The second kappa shape index (κ2) is 41.0. The van der Waals surface area contributed by atoms with Gasteiger partial charge in [0.15, 0.2) is 0 Å². The third-order valence-electron chi connectivity index (χ3n) is 11.3. The largest absolute Gasteiger partial charge is 0.444 e. The molecule has 0 aromatic rings. The molecule has 0 saturated carbocycles. The fourth-order valence-corrected chi connectivity index (χ4v) is 7.30. The third kappa shape index (κ3) is 33.8. The van der Waals surface area contributed by atoms with E-state index < -0.39 is 65.5 Å². The molecule has 0 heterocycles. The number of hydrogen-bond donors (Lipinski definition) is 13. The molecule has 5 atom stereocenters. The molecule has 0 aromatic carbocycles. The first-order valence-electron chi connectivity index (χ1n) is 25.9. The molecule has 5 unspecified atom stereocenters. The second-order valence-corrected chi connectivity index (χ2v) is 18.8. The van der Waals surface area contributed by atoms with Crippen molar-refractivity contribution in [3.05, 3.63) is 0 Å². The summed E-state index contributed by atoms with van der Waals surface area (Å²) < 4.78 is 5.39. The zero-order chi connectivity index (χ0) is 52.6. The van der Waals surface area contributed by atoms with E-state index in [1.807, 2.05) is 0 Å². The number of nitrogens with one attached hydrogen (secondary N) is 8. The van der Waals surface area contributed by atoms with Gasteiger partial charge in [-0.05, 0) is 175 Å². The van der Waals surface area contributed by atoms with E-state index >= 15 is 0 Å². The smallest absolute Gasteiger partial charge is 0.408 e. The Balaban J connectivity index is 5.99. The summed E-state index contributed by atoms with van der Waals surface area (Å²) in [7, 11) is 1.61. The summed E-state index contributed by atoms with van der Waals surface area (Å²) in [4.78, 5) is 106. The molecule has 0 aliphatic carbocycles. The number of alkyl carbamates (subject to hydrolysis) is 1. The van der Waals surface area contributed by atoms with Gasteiger partial charge in [-0.3, -0.25) is 33.6 Å². The molecule has 22 nitrogen and oxygen atoms in total. The maximum absolute atomic E-state index is 14.2. The number of hydrogen-bond acceptors (Lipinski definition) is 14. The highest BCUT2D eigenvalue weighted by Crippen LogP contribution is 2.12. The van der Waals surface area contributed by atoms with Crippen molar-refractivity contribution < 1.29 is 43.1 Å². The summed E-state index contributed by atoms with van der Waals surface area (Å²) in [5.74, 6) is -2.88. The van der Waals surface area contributed by atoms with E-state index in [4.69, 9.17) is 33.4 Å². The lowest BCUT2D eigenvalue weighted by Gasteiger charge is -2.28. The van der Waals surface area contributed by atoms with Crippen LogP contribution in [0.5, 0.6) is 0 Å². The fourth-order valence-electron chi connectivity index (χ4n) is 7.30. The van der Waals surface area contributed by atoms with Crippen LogP contribution in [0.1, 0.15) is 168 Å². The van der Waals surface area contributed by atoms with Crippen LogP contribution >= 0.6 is 0 Å². The number of rotatable bonds is 42. The van der Waals surface area contributed by atoms with Gasteiger partial charge in [-0.15, -0.1) is 0 Å². The molecule has 0 rings (SSSR count). The molecule has 0 aromatic heterocycles. The van der Waals surface area contributed by atoms with Gasteiger partial charge in [0.1, 0.15) is 35.8 Å². The Kier molecular flexibility index (Phi) is 38.3. The highest BCUT2D eigenvalue weighted by Gasteiger charge is 2.33. The maximum atomic E-state index is 14.2. The zero-order valence-electron chi connectivity index (χ0n) is 43.2. The first-order chi connectivity index (χ1) is 33.5. The Hall–Kier alpha value is -4.64. The first-order valence-corrected chi connectivity index (χ1v) is 25.9. The highest BCUT2D eigenvalue weighted by molar-refractivity contribution is 5.96. The van der Waals surface area contributed by atoms with Crippen LogP contribution in [0.3, 0.4) is 0 Å². The SMILES string of the molecule is CNC(=O)CCCCCNC(=O)CCCCCNC(=O)C(CCCCN)NC(=O)C(CCCCN)NC(=O)C(CCCCN)NC(=O)C(CCCCN)NC(=O)C(CCCCN)NC(=O)OC(C)(C)C. The van der Waals surface area contributed by atoms with Crippen molar-refractivity contribution in [3.63, 3.8) is 0 Å². The van der Waals surface area contributed by atoms with Gasteiger partial charge in [-0.1, -0.05) is 12.8 Å². The van der Waals surface area contributed by atoms with Crippen molar-refractivity contribution >= 4 is 47.4 Å². The normalized spacial score (nSPS) is 13.4. The van der Waals surface area contributed by atoms with Gasteiger partial charge in [0, 0.05) is 33.0 Å². The van der Waals surface area contributed by atoms with Crippen molar-refractivity contribution in [2.24, 2.45) is 28.7 Å². The van der Waals surface area contributed by atoms with Crippen LogP contribution in [0.25, 0.3) is 0 Å². The minimum atomic E-state index is -1.13. The summed E-state index contributed by atoms with van der Waals surface area (Å²) in [5, 5.41) is 22.3. The maximum Gasteiger partial charge on any atom is 0.408 e. The lowest BCUT2D eigenvalue weighted by atomic mass is 10.0. The van der Waals surface area contributed by atoms with Gasteiger partial charge in [0.25, 0.3) is 0 Å². The number of unbranched alkanes of at least 4 members (excludes halogenated alkanes) is 9. The first kappa shape index (κ1) is 65.4. The Morgan fingerprint density at radius 1 is 0.386 bits per heavy atom. The highest BCUT2D eigenvalue weighted by atomic mass is 16.6. The van der Waals surface area contributed by atoms with Gasteiger partial charge in [0.05, 0.1) is 0 Å². The molecule has 22 heteroatoms. The van der Waals surface area contributed by atoms with Crippen molar-refractivity contribution in [1.82, 2.24) is 42.5 Å². The Morgan fingerprint density at radius 2 is 0.700 bits per heavy atom. The average Bonchev–Trinajstić information content (AvgIpc) is 3.31. The minimum Gasteiger partial charge on any atom is -0.444 e. The second-order valence-electron chi connectivity index (χ2n) is 18.8. The topological polar surface area (TPSA) is 372 Å². The number of nitrogens with two attached hydrogens (primary N) is 5. The zero-order valence-corrected chi connectivity index (χ0v) is 43.2. The van der Waals surface area contributed by atoms with Crippen molar-refractivity contribution in [1.29, 1.82) is 0 Å². The number of ether oxygens (including phenoxy) is 1. The summed E-state index contributed by atoms with van der Waals surface area (Å²) in [6.07, 6.45) is 10.9. The number of carbonyl (C=O) groups is 8. The molecule has 406 valence electrons. The number of amides is 8. The molecule has 70 heavy (non-hydrogen) atoms. The Labute approximate surface area is 417 Å². The van der Waals surface area contributed by atoms with E-state index in [0.717, 1.165) is 19.3 Å². The molecular formula is C48H95N13O9. The van der Waals surface area contributed by atoms with E-state index in [0.29, 0.717) is 149 Å². The molecule has 0 bridgehead atoms. The molecule has 0 fully saturated rings. The van der Waals surface area contributed by atoms with E-state index in [1.54, 1.807) is 27.8 Å². The van der Waals surface area contributed by atoms with Crippen molar-refractivity contribution in [2.45, 2.75) is 204 Å². The van der Waals surface area contributed by atoms with Crippen LogP contribution in [-0.4, -0.2) is 136 Å². The van der Waals surface area contributed by atoms with E-state index in [-0.39, 0.29) is 43.4 Å². The molecule has 0 aliphatic heterocycles. The van der Waals surface area contributed by atoms with Crippen LogP contribution in [-0.2, 0) is 38.3 Å². The lowest BCUT2D eigenvalue weighted by molar-refractivity contribution is -0.135. The van der Waals surface area contributed by atoms with Gasteiger partial charge < -0.3 is 75.9 Å². The predicted molar refractivity (Wildman–Crippen MR) is 272 cm³/mol. The molecule has 0 radical (unpaired) electrons.